The highest BCUT2D eigenvalue weighted by atomic mass is 35.5. The molecule has 1 aromatic heterocycles. The third-order valence-corrected chi connectivity index (χ3v) is 4.36. The maximum atomic E-state index is 6.01. The van der Waals surface area contributed by atoms with Crippen LogP contribution in [-0.2, 0) is 13.0 Å². The summed E-state index contributed by atoms with van der Waals surface area (Å²) in [6.07, 6.45) is 1.96. The summed E-state index contributed by atoms with van der Waals surface area (Å²) in [5.41, 5.74) is 8.71. The molecule has 0 unspecified atom stereocenters. The molecule has 6 heteroatoms. The van der Waals surface area contributed by atoms with Crippen molar-refractivity contribution in [3.05, 3.63) is 51.5 Å². The summed E-state index contributed by atoms with van der Waals surface area (Å²) in [5.74, 6) is 1.08. The Kier molecular flexibility index (Phi) is 4.64. The Hall–Kier alpha value is -1.91. The molecule has 0 spiro atoms. The Bertz CT molecular complexity index is 846. The fraction of sp³-hybridized carbons (Fsp3) is 0.235. The van der Waals surface area contributed by atoms with E-state index in [2.05, 4.69) is 12.1 Å². The molecule has 3 rings (SSSR count). The Balaban J connectivity index is 1.88. The molecule has 0 radical (unpaired) electrons. The molecular formula is C17H16Cl2N2O2. The minimum absolute atomic E-state index is 0.407. The van der Waals surface area contributed by atoms with Gasteiger partial charge < -0.3 is 15.0 Å². The van der Waals surface area contributed by atoms with Gasteiger partial charge in [0.15, 0.2) is 11.4 Å². The normalized spacial score (nSPS) is 11.1. The van der Waals surface area contributed by atoms with Crippen LogP contribution in [0.4, 0.5) is 5.82 Å². The van der Waals surface area contributed by atoms with Gasteiger partial charge in [0, 0.05) is 6.07 Å². The van der Waals surface area contributed by atoms with E-state index in [-0.39, 0.29) is 0 Å². The van der Waals surface area contributed by atoms with Crippen LogP contribution in [-0.4, -0.2) is 5.16 Å². The third-order valence-electron chi connectivity index (χ3n) is 3.62. The predicted molar refractivity (Wildman–Crippen MR) is 93.2 cm³/mol. The maximum Gasteiger partial charge on any atom is 0.174 e. The summed E-state index contributed by atoms with van der Waals surface area (Å²) in [6.45, 7) is 2.54. The SMILES string of the molecule is CCCc1cc2c(N)noc2cc1COc1ccc(Cl)c(Cl)c1. The predicted octanol–water partition coefficient (Wildman–Crippen LogP) is 5.25. The van der Waals surface area contributed by atoms with E-state index in [0.29, 0.717) is 33.8 Å². The van der Waals surface area contributed by atoms with Crippen molar-refractivity contribution in [1.29, 1.82) is 0 Å². The standard InChI is InChI=1S/C17H16Cl2N2O2/c1-2-3-10-6-13-16(23-21-17(13)20)7-11(10)9-22-12-4-5-14(18)15(19)8-12/h4-8H,2-3,9H2,1H3,(H2,20,21). The molecule has 0 saturated carbocycles. The van der Waals surface area contributed by atoms with Crippen molar-refractivity contribution in [2.24, 2.45) is 0 Å². The zero-order valence-corrected chi connectivity index (χ0v) is 14.1. The Labute approximate surface area is 144 Å². The highest BCUT2D eigenvalue weighted by molar-refractivity contribution is 6.42. The number of benzene rings is 2. The number of nitrogens with zero attached hydrogens (tertiary/aromatic N) is 1. The number of anilines is 1. The summed E-state index contributed by atoms with van der Waals surface area (Å²) in [6, 6.07) is 9.17. The molecule has 2 N–H and O–H groups in total. The summed E-state index contributed by atoms with van der Waals surface area (Å²) in [4.78, 5) is 0. The fourth-order valence-electron chi connectivity index (χ4n) is 2.45. The highest BCUT2D eigenvalue weighted by Gasteiger charge is 2.12. The molecule has 0 amide bonds. The van der Waals surface area contributed by atoms with E-state index >= 15 is 0 Å². The number of nitrogen functional groups attached to an aromatic ring is 1. The van der Waals surface area contributed by atoms with Gasteiger partial charge in [0.25, 0.3) is 0 Å². The average Bonchev–Trinajstić information content (AvgIpc) is 2.89. The first-order valence-electron chi connectivity index (χ1n) is 7.33. The molecule has 0 aliphatic carbocycles. The summed E-state index contributed by atoms with van der Waals surface area (Å²) < 4.78 is 11.1. The smallest absolute Gasteiger partial charge is 0.174 e. The van der Waals surface area contributed by atoms with Gasteiger partial charge in [0.05, 0.1) is 15.4 Å². The van der Waals surface area contributed by atoms with Crippen molar-refractivity contribution in [2.45, 2.75) is 26.4 Å². The number of fused-ring (bicyclic) bond motifs is 1. The molecule has 3 aromatic rings. The van der Waals surface area contributed by atoms with E-state index in [9.17, 15) is 0 Å². The van der Waals surface area contributed by atoms with Gasteiger partial charge >= 0.3 is 0 Å². The second-order valence-electron chi connectivity index (χ2n) is 5.30. The summed E-state index contributed by atoms with van der Waals surface area (Å²) >= 11 is 11.9. The number of aromatic nitrogens is 1. The highest BCUT2D eigenvalue weighted by Crippen LogP contribution is 2.29. The first-order valence-corrected chi connectivity index (χ1v) is 8.08. The maximum absolute atomic E-state index is 6.01. The monoisotopic (exact) mass is 350 g/mol. The van der Waals surface area contributed by atoms with Gasteiger partial charge in [-0.15, -0.1) is 0 Å². The average molecular weight is 351 g/mol. The number of hydrogen-bond donors (Lipinski definition) is 1. The van der Waals surface area contributed by atoms with Crippen molar-refractivity contribution < 1.29 is 9.26 Å². The Morgan fingerprint density at radius 1 is 1.13 bits per heavy atom. The molecular weight excluding hydrogens is 335 g/mol. The Morgan fingerprint density at radius 2 is 1.96 bits per heavy atom. The van der Waals surface area contributed by atoms with Crippen LogP contribution in [0, 0.1) is 0 Å². The lowest BCUT2D eigenvalue weighted by molar-refractivity contribution is 0.305. The molecule has 0 fully saturated rings. The van der Waals surface area contributed by atoms with Crippen LogP contribution in [0.25, 0.3) is 11.0 Å². The van der Waals surface area contributed by atoms with Crippen LogP contribution in [0.2, 0.25) is 10.0 Å². The van der Waals surface area contributed by atoms with Crippen LogP contribution in [0.1, 0.15) is 24.5 Å². The van der Waals surface area contributed by atoms with E-state index in [0.717, 1.165) is 23.8 Å². The lowest BCUT2D eigenvalue weighted by Gasteiger charge is -2.11. The van der Waals surface area contributed by atoms with Gasteiger partial charge in [-0.3, -0.25) is 0 Å². The number of nitrogens with two attached hydrogens (primary N) is 1. The van der Waals surface area contributed by atoms with Gasteiger partial charge in [-0.2, -0.15) is 0 Å². The first-order chi connectivity index (χ1) is 11.1. The topological polar surface area (TPSA) is 61.3 Å². The van der Waals surface area contributed by atoms with Crippen molar-refractivity contribution in [2.75, 3.05) is 5.73 Å². The third kappa shape index (κ3) is 3.38. The second-order valence-corrected chi connectivity index (χ2v) is 6.11. The van der Waals surface area contributed by atoms with E-state index in [1.165, 1.54) is 5.56 Å². The number of hydrogen-bond acceptors (Lipinski definition) is 4. The van der Waals surface area contributed by atoms with Crippen molar-refractivity contribution in [3.63, 3.8) is 0 Å². The summed E-state index contributed by atoms with van der Waals surface area (Å²) in [7, 11) is 0. The van der Waals surface area contributed by atoms with Gasteiger partial charge in [0.2, 0.25) is 0 Å². The zero-order chi connectivity index (χ0) is 16.4. The number of rotatable bonds is 5. The molecule has 2 aromatic carbocycles. The largest absolute Gasteiger partial charge is 0.489 e. The molecule has 0 saturated heterocycles. The van der Waals surface area contributed by atoms with Gasteiger partial charge in [0.1, 0.15) is 12.4 Å². The number of ether oxygens (including phenoxy) is 1. The van der Waals surface area contributed by atoms with Crippen LogP contribution in [0.3, 0.4) is 0 Å². The molecule has 0 aliphatic heterocycles. The molecule has 1 heterocycles. The van der Waals surface area contributed by atoms with Crippen LogP contribution < -0.4 is 10.5 Å². The van der Waals surface area contributed by atoms with Crippen LogP contribution >= 0.6 is 23.2 Å². The molecule has 0 bridgehead atoms. The minimum atomic E-state index is 0.407. The molecule has 120 valence electrons. The minimum Gasteiger partial charge on any atom is -0.489 e. The van der Waals surface area contributed by atoms with E-state index < -0.39 is 0 Å². The van der Waals surface area contributed by atoms with Crippen molar-refractivity contribution >= 4 is 40.0 Å². The molecule has 23 heavy (non-hydrogen) atoms. The van der Waals surface area contributed by atoms with Crippen molar-refractivity contribution in [1.82, 2.24) is 5.16 Å². The van der Waals surface area contributed by atoms with Crippen molar-refractivity contribution in [3.8, 4) is 5.75 Å². The van der Waals surface area contributed by atoms with Gasteiger partial charge in [-0.05, 0) is 41.8 Å². The first kappa shape index (κ1) is 16.0. The number of aryl methyl sites for hydroxylation is 1. The van der Waals surface area contributed by atoms with Crippen LogP contribution in [0.15, 0.2) is 34.9 Å². The lowest BCUT2D eigenvalue weighted by Crippen LogP contribution is -2.01. The molecule has 4 nitrogen and oxygen atoms in total. The lowest BCUT2D eigenvalue weighted by atomic mass is 10.0. The van der Waals surface area contributed by atoms with Gasteiger partial charge in [-0.25, -0.2) is 0 Å². The van der Waals surface area contributed by atoms with E-state index in [4.69, 9.17) is 38.2 Å². The fourth-order valence-corrected chi connectivity index (χ4v) is 2.74. The second kappa shape index (κ2) is 6.69. The molecule has 0 aliphatic rings. The van der Waals surface area contributed by atoms with E-state index in [1.807, 2.05) is 12.1 Å². The van der Waals surface area contributed by atoms with E-state index in [1.54, 1.807) is 18.2 Å². The number of halogens is 2. The Morgan fingerprint density at radius 3 is 2.70 bits per heavy atom. The van der Waals surface area contributed by atoms with Gasteiger partial charge in [-0.1, -0.05) is 41.7 Å². The quantitative estimate of drug-likeness (QED) is 0.682. The molecule has 0 atom stereocenters. The zero-order valence-electron chi connectivity index (χ0n) is 12.6. The summed E-state index contributed by atoms with van der Waals surface area (Å²) in [5, 5.41) is 5.62. The van der Waals surface area contributed by atoms with Crippen LogP contribution in [0.5, 0.6) is 5.75 Å².